The number of alkyl carbamates (subject to hydrolysis) is 1. The monoisotopic (exact) mass is 477 g/mol. The van der Waals surface area contributed by atoms with E-state index >= 15 is 0 Å². The first-order valence-electron chi connectivity index (χ1n) is 12.1. The molecule has 5 nitrogen and oxygen atoms in total. The molecule has 1 atom stereocenters. The molecule has 1 amide bonds. The number of carbonyl (C=O) groups excluding carboxylic acids is 1. The van der Waals surface area contributed by atoms with Gasteiger partial charge in [-0.3, -0.25) is 4.79 Å². The van der Waals surface area contributed by atoms with Gasteiger partial charge >= 0.3 is 12.1 Å². The van der Waals surface area contributed by atoms with Gasteiger partial charge in [-0.05, 0) is 45.4 Å². The largest absolute Gasteiger partial charge is 0.481 e. The predicted octanol–water partition coefficient (Wildman–Crippen LogP) is 6.28. The van der Waals surface area contributed by atoms with Gasteiger partial charge in [-0.2, -0.15) is 0 Å². The maximum absolute atomic E-state index is 12.7. The van der Waals surface area contributed by atoms with Crippen molar-refractivity contribution >= 4 is 12.1 Å². The van der Waals surface area contributed by atoms with Gasteiger partial charge in [0.25, 0.3) is 0 Å². The normalized spacial score (nSPS) is 12.9. The molecule has 0 aliphatic heterocycles. The highest BCUT2D eigenvalue weighted by molar-refractivity contribution is 5.79. The van der Waals surface area contributed by atoms with Crippen molar-refractivity contribution in [1.82, 2.24) is 5.32 Å². The smallest absolute Gasteiger partial charge is 0.407 e. The van der Waals surface area contributed by atoms with Crippen molar-refractivity contribution in [3.05, 3.63) is 120 Å². The standard InChI is InChI=1S/C31H27NO4/c33-30(34)19-24(18-21-14-16-23(17-15-21)22-8-2-1-3-9-22)32-31(35)36-20-29-27-12-6-4-10-25(27)26-11-5-7-13-28(26)29/h1-17,24,29H,18-20H2,(H,32,35)(H,33,34)/t24-/m1/s1. The second kappa shape index (κ2) is 10.5. The Morgan fingerprint density at radius 3 is 1.92 bits per heavy atom. The van der Waals surface area contributed by atoms with Crippen LogP contribution in [0.2, 0.25) is 0 Å². The zero-order valence-electron chi connectivity index (χ0n) is 19.8. The number of ether oxygens (including phenoxy) is 1. The number of amides is 1. The van der Waals surface area contributed by atoms with Gasteiger partial charge in [-0.1, -0.05) is 103 Å². The highest BCUT2D eigenvalue weighted by Crippen LogP contribution is 2.44. The number of carbonyl (C=O) groups is 2. The lowest BCUT2D eigenvalue weighted by atomic mass is 9.98. The number of hydrogen-bond donors (Lipinski definition) is 2. The molecule has 4 aromatic rings. The minimum Gasteiger partial charge on any atom is -0.481 e. The molecule has 1 aliphatic rings. The Kier molecular flexibility index (Phi) is 6.80. The molecule has 0 saturated carbocycles. The molecule has 0 saturated heterocycles. The van der Waals surface area contributed by atoms with Gasteiger partial charge in [-0.15, -0.1) is 0 Å². The van der Waals surface area contributed by atoms with Crippen LogP contribution in [0.1, 0.15) is 29.0 Å². The summed E-state index contributed by atoms with van der Waals surface area (Å²) in [5, 5.41) is 12.2. The van der Waals surface area contributed by atoms with Crippen molar-refractivity contribution in [1.29, 1.82) is 0 Å². The third-order valence-electron chi connectivity index (χ3n) is 6.63. The highest BCUT2D eigenvalue weighted by atomic mass is 16.5. The summed E-state index contributed by atoms with van der Waals surface area (Å²) >= 11 is 0. The van der Waals surface area contributed by atoms with E-state index in [0.717, 1.165) is 38.9 Å². The average molecular weight is 478 g/mol. The number of fused-ring (bicyclic) bond motifs is 3. The molecule has 4 aromatic carbocycles. The van der Waals surface area contributed by atoms with Crippen LogP contribution in [0, 0.1) is 0 Å². The minimum absolute atomic E-state index is 0.0494. The highest BCUT2D eigenvalue weighted by Gasteiger charge is 2.29. The van der Waals surface area contributed by atoms with E-state index in [4.69, 9.17) is 4.74 Å². The van der Waals surface area contributed by atoms with Crippen LogP contribution in [0.3, 0.4) is 0 Å². The van der Waals surface area contributed by atoms with Crippen LogP contribution in [0.4, 0.5) is 4.79 Å². The van der Waals surface area contributed by atoms with E-state index in [-0.39, 0.29) is 18.9 Å². The summed E-state index contributed by atoms with van der Waals surface area (Å²) in [6.45, 7) is 0.186. The second-order valence-corrected chi connectivity index (χ2v) is 9.03. The van der Waals surface area contributed by atoms with Crippen molar-refractivity contribution < 1.29 is 19.4 Å². The molecule has 2 N–H and O–H groups in total. The number of benzene rings is 4. The minimum atomic E-state index is -0.972. The molecule has 0 bridgehead atoms. The molecule has 180 valence electrons. The first-order chi connectivity index (χ1) is 17.6. The molecule has 0 aromatic heterocycles. The predicted molar refractivity (Wildman–Crippen MR) is 140 cm³/mol. The van der Waals surface area contributed by atoms with Crippen molar-refractivity contribution in [3.8, 4) is 22.3 Å². The van der Waals surface area contributed by atoms with E-state index in [0.29, 0.717) is 6.42 Å². The van der Waals surface area contributed by atoms with E-state index in [1.165, 1.54) is 0 Å². The first kappa shape index (κ1) is 23.4. The van der Waals surface area contributed by atoms with E-state index in [2.05, 4.69) is 29.6 Å². The van der Waals surface area contributed by atoms with Gasteiger partial charge in [0.1, 0.15) is 6.61 Å². The first-order valence-corrected chi connectivity index (χ1v) is 12.1. The Labute approximate surface area is 210 Å². The zero-order chi connectivity index (χ0) is 24.9. The van der Waals surface area contributed by atoms with Crippen molar-refractivity contribution in [2.45, 2.75) is 24.8 Å². The van der Waals surface area contributed by atoms with Crippen LogP contribution >= 0.6 is 0 Å². The van der Waals surface area contributed by atoms with Crippen molar-refractivity contribution in [2.75, 3.05) is 6.61 Å². The van der Waals surface area contributed by atoms with Gasteiger partial charge in [0.05, 0.1) is 6.42 Å². The van der Waals surface area contributed by atoms with Gasteiger partial charge in [0.15, 0.2) is 0 Å². The second-order valence-electron chi connectivity index (χ2n) is 9.03. The molecule has 36 heavy (non-hydrogen) atoms. The SMILES string of the molecule is O=C(O)C[C@@H](Cc1ccc(-c2ccccc2)cc1)NC(=O)OCC1c2ccccc2-c2ccccc21. The molecule has 0 heterocycles. The number of rotatable bonds is 8. The number of carboxylic acids is 1. The summed E-state index contributed by atoms with van der Waals surface area (Å²) in [7, 11) is 0. The van der Waals surface area contributed by atoms with E-state index < -0.39 is 18.1 Å². The Morgan fingerprint density at radius 1 is 0.750 bits per heavy atom. The third kappa shape index (κ3) is 5.15. The number of hydrogen-bond acceptors (Lipinski definition) is 3. The Morgan fingerprint density at radius 2 is 1.31 bits per heavy atom. The van der Waals surface area contributed by atoms with E-state index in [9.17, 15) is 14.7 Å². The lowest BCUT2D eigenvalue weighted by Gasteiger charge is -2.19. The number of nitrogens with one attached hydrogen (secondary N) is 1. The number of carboxylic acid groups (broad SMARTS) is 1. The Balaban J connectivity index is 1.24. The van der Waals surface area contributed by atoms with Gasteiger partial charge in [0, 0.05) is 12.0 Å². The summed E-state index contributed by atoms with van der Waals surface area (Å²) < 4.78 is 5.62. The maximum Gasteiger partial charge on any atom is 0.407 e. The lowest BCUT2D eigenvalue weighted by molar-refractivity contribution is -0.137. The van der Waals surface area contributed by atoms with E-state index in [1.807, 2.05) is 78.9 Å². The van der Waals surface area contributed by atoms with Crippen molar-refractivity contribution in [3.63, 3.8) is 0 Å². The summed E-state index contributed by atoms with van der Waals surface area (Å²) in [4.78, 5) is 24.2. The maximum atomic E-state index is 12.7. The fourth-order valence-corrected chi connectivity index (χ4v) is 4.94. The lowest BCUT2D eigenvalue weighted by Crippen LogP contribution is -2.39. The van der Waals surface area contributed by atoms with Gasteiger partial charge < -0.3 is 15.2 Å². The molecule has 1 aliphatic carbocycles. The molecular weight excluding hydrogens is 450 g/mol. The molecule has 0 spiro atoms. The summed E-state index contributed by atoms with van der Waals surface area (Å²) in [6.07, 6.45) is -0.403. The van der Waals surface area contributed by atoms with Crippen LogP contribution in [-0.2, 0) is 16.0 Å². The van der Waals surface area contributed by atoms with Crippen LogP contribution in [0.25, 0.3) is 22.3 Å². The summed E-state index contributed by atoms with van der Waals surface area (Å²) in [6, 6.07) is 33.7. The molecule has 0 unspecified atom stereocenters. The fraction of sp³-hybridized carbons (Fsp3) is 0.161. The molecule has 5 heteroatoms. The van der Waals surface area contributed by atoms with Crippen LogP contribution in [0.15, 0.2) is 103 Å². The Bertz CT molecular complexity index is 1320. The van der Waals surface area contributed by atoms with Crippen LogP contribution in [-0.4, -0.2) is 29.8 Å². The van der Waals surface area contributed by atoms with Gasteiger partial charge in [0.2, 0.25) is 0 Å². The van der Waals surface area contributed by atoms with Gasteiger partial charge in [-0.25, -0.2) is 4.79 Å². The summed E-state index contributed by atoms with van der Waals surface area (Å²) in [5.74, 6) is -1.02. The quantitative estimate of drug-likeness (QED) is 0.313. The average Bonchev–Trinajstić information content (AvgIpc) is 3.22. The fourth-order valence-electron chi connectivity index (χ4n) is 4.94. The van der Waals surface area contributed by atoms with Crippen molar-refractivity contribution in [2.24, 2.45) is 0 Å². The molecular formula is C31H27NO4. The Hall–Kier alpha value is -4.38. The summed E-state index contributed by atoms with van der Waals surface area (Å²) in [5.41, 5.74) is 7.72. The topological polar surface area (TPSA) is 75.6 Å². The molecule has 0 radical (unpaired) electrons. The third-order valence-corrected chi connectivity index (χ3v) is 6.63. The van der Waals surface area contributed by atoms with Crippen LogP contribution < -0.4 is 5.32 Å². The van der Waals surface area contributed by atoms with Crippen LogP contribution in [0.5, 0.6) is 0 Å². The number of aliphatic carboxylic acids is 1. The molecule has 0 fully saturated rings. The van der Waals surface area contributed by atoms with E-state index in [1.54, 1.807) is 0 Å². The molecule has 5 rings (SSSR count). The zero-order valence-corrected chi connectivity index (χ0v) is 19.8.